The second-order valence-corrected chi connectivity index (χ2v) is 4.11. The lowest BCUT2D eigenvalue weighted by atomic mass is 10.4. The highest BCUT2D eigenvalue weighted by atomic mass is 35.6. The van der Waals surface area contributed by atoms with Crippen LogP contribution in [0.1, 0.15) is 6.42 Å². The largest absolute Gasteiger partial charge is 0.381 e. The minimum Gasteiger partial charge on any atom is -0.381 e. The molecule has 1 aliphatic heterocycles. The smallest absolute Gasteiger partial charge is 0.269 e. The van der Waals surface area contributed by atoms with Crippen molar-refractivity contribution in [3.8, 4) is 0 Å². The maximum Gasteiger partial charge on any atom is 0.269 e. The van der Waals surface area contributed by atoms with Crippen molar-refractivity contribution in [1.29, 1.82) is 0 Å². The number of ether oxygens (including phenoxy) is 1. The van der Waals surface area contributed by atoms with Gasteiger partial charge in [0.1, 0.15) is 0 Å². The second-order valence-electron chi connectivity index (χ2n) is 1.83. The molecule has 1 heterocycles. The summed E-state index contributed by atoms with van der Waals surface area (Å²) in [4.78, 5) is 9.85. The third kappa shape index (κ3) is 6.69. The Morgan fingerprint density at radius 3 is 1.55 bits per heavy atom. The van der Waals surface area contributed by atoms with E-state index in [0.29, 0.717) is 0 Å². The quantitative estimate of drug-likeness (QED) is 0.625. The highest BCUT2D eigenvalue weighted by Crippen LogP contribution is 2.24. The van der Waals surface area contributed by atoms with Crippen LogP contribution in [0, 0.1) is 0 Å². The number of alkyl halides is 3. The van der Waals surface area contributed by atoms with E-state index in [2.05, 4.69) is 5.73 Å². The maximum atomic E-state index is 9.85. The highest BCUT2D eigenvalue weighted by molar-refractivity contribution is 6.76. The molecular formula is C5H8Cl3NO2. The Labute approximate surface area is 79.7 Å². The molecule has 1 fully saturated rings. The Kier molecular flexibility index (Phi) is 5.17. The Morgan fingerprint density at radius 1 is 1.36 bits per heavy atom. The van der Waals surface area contributed by atoms with Crippen LogP contribution in [-0.2, 0) is 9.53 Å². The van der Waals surface area contributed by atoms with Crippen LogP contribution in [0.15, 0.2) is 0 Å². The van der Waals surface area contributed by atoms with E-state index in [1.54, 1.807) is 0 Å². The van der Waals surface area contributed by atoms with Crippen LogP contribution in [0.25, 0.3) is 0 Å². The molecule has 0 aliphatic carbocycles. The fourth-order valence-electron chi connectivity index (χ4n) is 0.144. The van der Waals surface area contributed by atoms with Gasteiger partial charge >= 0.3 is 0 Å². The summed E-state index contributed by atoms with van der Waals surface area (Å²) in [7, 11) is 0. The Balaban J connectivity index is 0.000000207. The van der Waals surface area contributed by atoms with Crippen molar-refractivity contribution >= 4 is 40.7 Å². The van der Waals surface area contributed by atoms with Gasteiger partial charge in [-0.3, -0.25) is 4.79 Å². The van der Waals surface area contributed by atoms with Gasteiger partial charge in [0.25, 0.3) is 9.70 Å². The number of rotatable bonds is 0. The standard InChI is InChI=1S/C3H6O.C2H2Cl3NO/c1-2-4-3-1;3-2(4,5)1(6)7/h1-3H2;(H2,6,7). The summed E-state index contributed by atoms with van der Waals surface area (Å²) in [6, 6.07) is 0. The lowest BCUT2D eigenvalue weighted by Crippen LogP contribution is -2.27. The molecule has 0 unspecified atom stereocenters. The van der Waals surface area contributed by atoms with Gasteiger partial charge in [-0.1, -0.05) is 34.8 Å². The first-order valence-electron chi connectivity index (χ1n) is 2.89. The Hall–Kier alpha value is 0.300. The van der Waals surface area contributed by atoms with Crippen molar-refractivity contribution in [2.24, 2.45) is 5.73 Å². The van der Waals surface area contributed by atoms with Gasteiger partial charge in [-0.05, 0) is 6.42 Å². The van der Waals surface area contributed by atoms with E-state index in [9.17, 15) is 4.79 Å². The minimum atomic E-state index is -1.94. The number of carbonyl (C=O) groups is 1. The summed E-state index contributed by atoms with van der Waals surface area (Å²) in [5, 5.41) is 0. The van der Waals surface area contributed by atoms with Crippen LogP contribution in [0.5, 0.6) is 0 Å². The zero-order valence-corrected chi connectivity index (χ0v) is 7.92. The third-order valence-electron chi connectivity index (χ3n) is 0.857. The number of hydrogen-bond donors (Lipinski definition) is 1. The van der Waals surface area contributed by atoms with Gasteiger partial charge < -0.3 is 10.5 Å². The molecule has 0 aromatic carbocycles. The van der Waals surface area contributed by atoms with Crippen LogP contribution in [0.4, 0.5) is 0 Å². The molecule has 1 aliphatic rings. The summed E-state index contributed by atoms with van der Waals surface area (Å²) in [6.07, 6.45) is 1.28. The van der Waals surface area contributed by atoms with Crippen LogP contribution >= 0.6 is 34.8 Å². The fraction of sp³-hybridized carbons (Fsp3) is 0.800. The molecule has 0 saturated carbocycles. The third-order valence-corrected chi connectivity index (χ3v) is 1.42. The van der Waals surface area contributed by atoms with Crippen molar-refractivity contribution < 1.29 is 9.53 Å². The molecule has 0 aromatic rings. The van der Waals surface area contributed by atoms with Crippen molar-refractivity contribution in [2.75, 3.05) is 13.2 Å². The number of amides is 1. The molecule has 1 rings (SSSR count). The molecule has 0 atom stereocenters. The Morgan fingerprint density at radius 2 is 1.55 bits per heavy atom. The molecule has 0 aromatic heterocycles. The number of primary amides is 1. The Bertz CT molecular complexity index is 126. The van der Waals surface area contributed by atoms with Gasteiger partial charge in [0.05, 0.1) is 0 Å². The summed E-state index contributed by atoms with van der Waals surface area (Å²) in [5.41, 5.74) is 4.53. The summed E-state index contributed by atoms with van der Waals surface area (Å²) in [6.45, 7) is 2.00. The fourth-order valence-corrected chi connectivity index (χ4v) is 0.144. The van der Waals surface area contributed by atoms with Crippen molar-refractivity contribution in [2.45, 2.75) is 10.2 Å². The van der Waals surface area contributed by atoms with E-state index >= 15 is 0 Å². The van der Waals surface area contributed by atoms with Crippen LogP contribution in [-0.4, -0.2) is 22.9 Å². The molecule has 11 heavy (non-hydrogen) atoms. The molecule has 6 heteroatoms. The molecule has 66 valence electrons. The maximum absolute atomic E-state index is 9.85. The number of nitrogens with two attached hydrogens (primary N) is 1. The summed E-state index contributed by atoms with van der Waals surface area (Å²) < 4.78 is 2.78. The molecule has 0 bridgehead atoms. The minimum absolute atomic E-state index is 0.961. The summed E-state index contributed by atoms with van der Waals surface area (Å²) >= 11 is 14.8. The van der Waals surface area contributed by atoms with E-state index in [0.717, 1.165) is 13.2 Å². The van der Waals surface area contributed by atoms with Crippen LogP contribution in [0.3, 0.4) is 0 Å². The normalized spacial score (nSPS) is 15.9. The monoisotopic (exact) mass is 219 g/mol. The van der Waals surface area contributed by atoms with Crippen molar-refractivity contribution in [3.05, 3.63) is 0 Å². The number of carbonyl (C=O) groups excluding carboxylic acids is 1. The van der Waals surface area contributed by atoms with E-state index in [1.807, 2.05) is 0 Å². The second kappa shape index (κ2) is 5.04. The zero-order chi connectivity index (χ0) is 8.91. The molecule has 0 radical (unpaired) electrons. The van der Waals surface area contributed by atoms with Gasteiger partial charge in [-0.2, -0.15) is 0 Å². The lowest BCUT2D eigenvalue weighted by molar-refractivity contribution is -0.117. The first-order valence-corrected chi connectivity index (χ1v) is 4.02. The average molecular weight is 220 g/mol. The van der Waals surface area contributed by atoms with Gasteiger partial charge in [-0.15, -0.1) is 0 Å². The first-order chi connectivity index (χ1) is 4.94. The molecular weight excluding hydrogens is 212 g/mol. The van der Waals surface area contributed by atoms with Gasteiger partial charge in [0.2, 0.25) is 0 Å². The van der Waals surface area contributed by atoms with Crippen LogP contribution < -0.4 is 5.73 Å². The lowest BCUT2D eigenvalue weighted by Gasteiger charge is -2.09. The highest BCUT2D eigenvalue weighted by Gasteiger charge is 2.26. The van der Waals surface area contributed by atoms with Crippen LogP contribution in [0.2, 0.25) is 0 Å². The predicted octanol–water partition coefficient (Wildman–Crippen LogP) is 1.25. The van der Waals surface area contributed by atoms with Crippen molar-refractivity contribution in [1.82, 2.24) is 0 Å². The molecule has 2 N–H and O–H groups in total. The zero-order valence-electron chi connectivity index (χ0n) is 5.65. The molecule has 0 spiro atoms. The van der Waals surface area contributed by atoms with Gasteiger partial charge in [0.15, 0.2) is 0 Å². The predicted molar refractivity (Wildman–Crippen MR) is 44.9 cm³/mol. The SMILES string of the molecule is C1COC1.NC(=O)C(Cl)(Cl)Cl. The molecule has 1 amide bonds. The summed E-state index contributed by atoms with van der Waals surface area (Å²) in [5.74, 6) is -0.961. The number of hydrogen-bond acceptors (Lipinski definition) is 2. The topological polar surface area (TPSA) is 52.3 Å². The van der Waals surface area contributed by atoms with E-state index in [-0.39, 0.29) is 0 Å². The van der Waals surface area contributed by atoms with E-state index < -0.39 is 9.70 Å². The van der Waals surface area contributed by atoms with E-state index in [1.165, 1.54) is 6.42 Å². The average Bonchev–Trinajstić information content (AvgIpc) is 1.55. The number of halogens is 3. The van der Waals surface area contributed by atoms with Gasteiger partial charge in [-0.25, -0.2) is 0 Å². The van der Waals surface area contributed by atoms with E-state index in [4.69, 9.17) is 39.5 Å². The molecule has 3 nitrogen and oxygen atoms in total. The molecule has 1 saturated heterocycles. The van der Waals surface area contributed by atoms with Gasteiger partial charge in [0, 0.05) is 13.2 Å². The first kappa shape index (κ1) is 11.3. The van der Waals surface area contributed by atoms with Crippen molar-refractivity contribution in [3.63, 3.8) is 0 Å².